The van der Waals surface area contributed by atoms with Crippen LogP contribution in [0.1, 0.15) is 28.2 Å². The summed E-state index contributed by atoms with van der Waals surface area (Å²) in [5.41, 5.74) is 8.22. The summed E-state index contributed by atoms with van der Waals surface area (Å²) >= 11 is 0. The fourth-order valence-corrected chi connectivity index (χ4v) is 2.05. The molecule has 1 aliphatic heterocycles. The van der Waals surface area contributed by atoms with E-state index < -0.39 is 0 Å². The van der Waals surface area contributed by atoms with Gasteiger partial charge in [-0.2, -0.15) is 0 Å². The molecule has 1 aromatic rings. The Hall–Kier alpha value is -0.840. The first-order valence-corrected chi connectivity index (χ1v) is 5.57. The minimum atomic E-state index is 0. The molecule has 1 amide bonds. The first-order chi connectivity index (χ1) is 7.58. The summed E-state index contributed by atoms with van der Waals surface area (Å²) in [6, 6.07) is 3.85. The van der Waals surface area contributed by atoms with Gasteiger partial charge in [-0.3, -0.25) is 9.78 Å². The van der Waals surface area contributed by atoms with Crippen molar-refractivity contribution in [2.45, 2.75) is 26.3 Å². The summed E-state index contributed by atoms with van der Waals surface area (Å²) in [5, 5.41) is 0. The van der Waals surface area contributed by atoms with Crippen LogP contribution in [0.4, 0.5) is 0 Å². The number of carbonyl (C=O) groups is 1. The second kappa shape index (κ2) is 6.92. The number of aryl methyl sites for hydroxylation is 2. The maximum atomic E-state index is 12.2. The van der Waals surface area contributed by atoms with Crippen LogP contribution < -0.4 is 5.73 Å². The average Bonchev–Trinajstić information content (AvgIpc) is 2.64. The number of carbonyl (C=O) groups excluding carboxylic acids is 1. The maximum Gasteiger partial charge on any atom is 0.255 e. The monoisotopic (exact) mass is 291 g/mol. The molecular formula is C12H19Cl2N3O. The van der Waals surface area contributed by atoms with Crippen LogP contribution in [0.2, 0.25) is 0 Å². The molecule has 0 aliphatic carbocycles. The highest BCUT2D eigenvalue weighted by atomic mass is 35.5. The van der Waals surface area contributed by atoms with E-state index in [1.54, 1.807) is 0 Å². The molecule has 6 heteroatoms. The quantitative estimate of drug-likeness (QED) is 0.857. The normalized spacial score (nSPS) is 17.9. The Bertz CT molecular complexity index is 426. The lowest BCUT2D eigenvalue weighted by Crippen LogP contribution is -2.32. The van der Waals surface area contributed by atoms with Gasteiger partial charge < -0.3 is 10.6 Å². The van der Waals surface area contributed by atoms with Crippen molar-refractivity contribution in [1.82, 2.24) is 9.88 Å². The van der Waals surface area contributed by atoms with Gasteiger partial charge in [-0.05, 0) is 32.4 Å². The summed E-state index contributed by atoms with van der Waals surface area (Å²) in [4.78, 5) is 18.3. The van der Waals surface area contributed by atoms with Gasteiger partial charge in [-0.25, -0.2) is 0 Å². The number of rotatable bonds is 1. The minimum absolute atomic E-state index is 0. The summed E-state index contributed by atoms with van der Waals surface area (Å²) in [6.45, 7) is 5.21. The number of halogens is 2. The molecule has 102 valence electrons. The molecular weight excluding hydrogens is 273 g/mol. The highest BCUT2D eigenvalue weighted by Crippen LogP contribution is 2.14. The van der Waals surface area contributed by atoms with Crippen molar-refractivity contribution in [1.29, 1.82) is 0 Å². The van der Waals surface area contributed by atoms with Gasteiger partial charge in [0.2, 0.25) is 0 Å². The van der Waals surface area contributed by atoms with Crippen LogP contribution in [0.5, 0.6) is 0 Å². The van der Waals surface area contributed by atoms with Gasteiger partial charge in [0.1, 0.15) is 0 Å². The summed E-state index contributed by atoms with van der Waals surface area (Å²) < 4.78 is 0. The van der Waals surface area contributed by atoms with E-state index in [4.69, 9.17) is 5.73 Å². The van der Waals surface area contributed by atoms with E-state index in [9.17, 15) is 4.79 Å². The van der Waals surface area contributed by atoms with Gasteiger partial charge in [0.25, 0.3) is 5.91 Å². The number of likely N-dealkylation sites (tertiary alicyclic amines) is 1. The molecule has 1 aromatic heterocycles. The van der Waals surface area contributed by atoms with Crippen LogP contribution in [-0.2, 0) is 0 Å². The zero-order valence-corrected chi connectivity index (χ0v) is 12.2. The molecule has 2 heterocycles. The van der Waals surface area contributed by atoms with Crippen molar-refractivity contribution >= 4 is 30.7 Å². The van der Waals surface area contributed by atoms with E-state index in [1.165, 1.54) is 0 Å². The third-order valence-corrected chi connectivity index (χ3v) is 2.97. The molecule has 1 saturated heterocycles. The second-order valence-corrected chi connectivity index (χ2v) is 4.39. The Morgan fingerprint density at radius 2 is 2.06 bits per heavy atom. The number of pyridine rings is 1. The molecule has 0 spiro atoms. The molecule has 0 bridgehead atoms. The smallest absolute Gasteiger partial charge is 0.255 e. The topological polar surface area (TPSA) is 59.2 Å². The lowest BCUT2D eigenvalue weighted by atomic mass is 10.1. The molecule has 0 saturated carbocycles. The Balaban J connectivity index is 0.00000144. The van der Waals surface area contributed by atoms with Gasteiger partial charge in [0, 0.05) is 24.8 Å². The van der Waals surface area contributed by atoms with E-state index in [1.807, 2.05) is 30.9 Å². The molecule has 2 rings (SSSR count). The van der Waals surface area contributed by atoms with E-state index >= 15 is 0 Å². The van der Waals surface area contributed by atoms with E-state index in [0.717, 1.165) is 24.4 Å². The van der Waals surface area contributed by atoms with E-state index in [0.29, 0.717) is 12.1 Å². The van der Waals surface area contributed by atoms with Crippen LogP contribution in [0.25, 0.3) is 0 Å². The Labute approximate surface area is 120 Å². The first-order valence-electron chi connectivity index (χ1n) is 5.57. The SMILES string of the molecule is Cc1ccc(C(=O)N2CC[C@H](N)C2)c(C)n1.Cl.Cl. The molecule has 18 heavy (non-hydrogen) atoms. The summed E-state index contributed by atoms with van der Waals surface area (Å²) in [5.74, 6) is 0.0537. The van der Waals surface area contributed by atoms with E-state index in [-0.39, 0.29) is 36.8 Å². The fourth-order valence-electron chi connectivity index (χ4n) is 2.05. The number of nitrogens with zero attached hydrogens (tertiary/aromatic N) is 2. The highest BCUT2D eigenvalue weighted by Gasteiger charge is 2.25. The molecule has 0 aromatic carbocycles. The lowest BCUT2D eigenvalue weighted by Gasteiger charge is -2.16. The van der Waals surface area contributed by atoms with Crippen molar-refractivity contribution < 1.29 is 4.79 Å². The third-order valence-electron chi connectivity index (χ3n) is 2.97. The van der Waals surface area contributed by atoms with Crippen LogP contribution in [0.15, 0.2) is 12.1 Å². The molecule has 1 fully saturated rings. The Morgan fingerprint density at radius 1 is 1.39 bits per heavy atom. The van der Waals surface area contributed by atoms with Crippen LogP contribution in [-0.4, -0.2) is 34.9 Å². The van der Waals surface area contributed by atoms with Gasteiger partial charge in [0.15, 0.2) is 0 Å². The van der Waals surface area contributed by atoms with Crippen LogP contribution in [0, 0.1) is 13.8 Å². The summed E-state index contributed by atoms with van der Waals surface area (Å²) in [6.07, 6.45) is 0.893. The number of amides is 1. The number of hydrogen-bond acceptors (Lipinski definition) is 3. The standard InChI is InChI=1S/C12H17N3O.2ClH/c1-8-3-4-11(9(2)14-8)12(16)15-6-5-10(13)7-15;;/h3-4,10H,5-7,13H2,1-2H3;2*1H/t10-;;/m0../s1. The molecule has 4 nitrogen and oxygen atoms in total. The maximum absolute atomic E-state index is 12.2. The molecule has 2 N–H and O–H groups in total. The highest BCUT2D eigenvalue weighted by molar-refractivity contribution is 5.95. The van der Waals surface area contributed by atoms with Crippen LogP contribution in [0.3, 0.4) is 0 Å². The first kappa shape index (κ1) is 17.2. The average molecular weight is 292 g/mol. The van der Waals surface area contributed by atoms with Gasteiger partial charge >= 0.3 is 0 Å². The Morgan fingerprint density at radius 3 is 2.56 bits per heavy atom. The van der Waals surface area contributed by atoms with Crippen molar-refractivity contribution in [3.05, 3.63) is 29.1 Å². The molecule has 1 aliphatic rings. The lowest BCUT2D eigenvalue weighted by molar-refractivity contribution is 0.0789. The molecule has 1 atom stereocenters. The van der Waals surface area contributed by atoms with Gasteiger partial charge in [0.05, 0.1) is 11.3 Å². The molecule has 0 radical (unpaired) electrons. The van der Waals surface area contributed by atoms with E-state index in [2.05, 4.69) is 4.98 Å². The van der Waals surface area contributed by atoms with Crippen molar-refractivity contribution in [3.63, 3.8) is 0 Å². The predicted molar refractivity (Wildman–Crippen MR) is 76.7 cm³/mol. The van der Waals surface area contributed by atoms with Crippen LogP contribution >= 0.6 is 24.8 Å². The van der Waals surface area contributed by atoms with Crippen molar-refractivity contribution in [3.8, 4) is 0 Å². The predicted octanol–water partition coefficient (Wildman–Crippen LogP) is 1.72. The largest absolute Gasteiger partial charge is 0.337 e. The summed E-state index contributed by atoms with van der Waals surface area (Å²) in [7, 11) is 0. The zero-order chi connectivity index (χ0) is 11.7. The Kier molecular flexibility index (Phi) is 6.60. The van der Waals surface area contributed by atoms with Gasteiger partial charge in [-0.15, -0.1) is 24.8 Å². The van der Waals surface area contributed by atoms with Crippen molar-refractivity contribution in [2.75, 3.05) is 13.1 Å². The minimum Gasteiger partial charge on any atom is -0.337 e. The number of hydrogen-bond donors (Lipinski definition) is 1. The third kappa shape index (κ3) is 3.57. The second-order valence-electron chi connectivity index (χ2n) is 4.39. The van der Waals surface area contributed by atoms with Gasteiger partial charge in [-0.1, -0.05) is 0 Å². The molecule has 0 unspecified atom stereocenters. The van der Waals surface area contributed by atoms with Crippen molar-refractivity contribution in [2.24, 2.45) is 5.73 Å². The number of aromatic nitrogens is 1. The zero-order valence-electron chi connectivity index (χ0n) is 10.5. The fraction of sp³-hybridized carbons (Fsp3) is 0.500. The number of nitrogens with two attached hydrogens (primary N) is 1.